The van der Waals surface area contributed by atoms with Crippen LogP contribution in [0.2, 0.25) is 5.02 Å². The summed E-state index contributed by atoms with van der Waals surface area (Å²) in [5.41, 5.74) is 4.38. The second kappa shape index (κ2) is 5.03. The highest BCUT2D eigenvalue weighted by Gasteiger charge is 2.05. The summed E-state index contributed by atoms with van der Waals surface area (Å²) in [5, 5.41) is 9.55. The molecule has 0 unspecified atom stereocenters. The Morgan fingerprint density at radius 3 is 2.71 bits per heavy atom. The smallest absolute Gasteiger partial charge is 0.0669 e. The van der Waals surface area contributed by atoms with Crippen LogP contribution >= 0.6 is 11.6 Å². The van der Waals surface area contributed by atoms with Crippen LogP contribution < -0.4 is 0 Å². The van der Waals surface area contributed by atoms with Gasteiger partial charge in [0.05, 0.1) is 12.5 Å². The average molecular weight is 242 g/mol. The van der Waals surface area contributed by atoms with E-state index in [1.54, 1.807) is 0 Å². The van der Waals surface area contributed by atoms with E-state index in [-0.39, 0.29) is 0 Å². The molecule has 0 heterocycles. The topological polar surface area (TPSA) is 23.8 Å². The van der Waals surface area contributed by atoms with Crippen molar-refractivity contribution in [3.8, 4) is 17.2 Å². The standard InChI is InChI=1S/C15H12ClN/c1-11-5-6-12(7-8-17)15(9-11)13-3-2-4-14(16)10-13/h2-6,9-10H,7H2,1H3. The lowest BCUT2D eigenvalue weighted by Crippen LogP contribution is -1.89. The maximum atomic E-state index is 8.84. The minimum atomic E-state index is 0.419. The zero-order chi connectivity index (χ0) is 12.3. The Bertz CT molecular complexity index is 582. The Hall–Kier alpha value is -1.78. The van der Waals surface area contributed by atoms with Gasteiger partial charge < -0.3 is 0 Å². The lowest BCUT2D eigenvalue weighted by Gasteiger charge is -2.08. The molecule has 0 aliphatic rings. The Balaban J connectivity index is 2.57. The lowest BCUT2D eigenvalue weighted by atomic mass is 9.96. The van der Waals surface area contributed by atoms with E-state index in [9.17, 15) is 0 Å². The van der Waals surface area contributed by atoms with Crippen LogP contribution in [-0.2, 0) is 6.42 Å². The van der Waals surface area contributed by atoms with Crippen molar-refractivity contribution in [3.05, 3.63) is 58.6 Å². The molecule has 0 saturated carbocycles. The van der Waals surface area contributed by atoms with Gasteiger partial charge in [0.25, 0.3) is 0 Å². The van der Waals surface area contributed by atoms with Crippen molar-refractivity contribution in [3.63, 3.8) is 0 Å². The van der Waals surface area contributed by atoms with Crippen molar-refractivity contribution in [2.24, 2.45) is 0 Å². The predicted octanol–water partition coefficient (Wildman–Crippen LogP) is 4.38. The molecular formula is C15H12ClN. The summed E-state index contributed by atoms with van der Waals surface area (Å²) in [6, 6.07) is 16.0. The number of halogens is 1. The van der Waals surface area contributed by atoms with Crippen molar-refractivity contribution >= 4 is 11.6 Å². The zero-order valence-corrected chi connectivity index (χ0v) is 10.3. The van der Waals surface area contributed by atoms with Gasteiger partial charge in [-0.1, -0.05) is 47.5 Å². The third-order valence-electron chi connectivity index (χ3n) is 2.67. The fourth-order valence-corrected chi connectivity index (χ4v) is 2.04. The minimum Gasteiger partial charge on any atom is -0.198 e. The van der Waals surface area contributed by atoms with E-state index in [4.69, 9.17) is 16.9 Å². The average Bonchev–Trinajstić information content (AvgIpc) is 2.32. The van der Waals surface area contributed by atoms with E-state index >= 15 is 0 Å². The van der Waals surface area contributed by atoms with Gasteiger partial charge in [-0.15, -0.1) is 0 Å². The first-order valence-electron chi connectivity index (χ1n) is 5.43. The van der Waals surface area contributed by atoms with Crippen molar-refractivity contribution in [2.45, 2.75) is 13.3 Å². The van der Waals surface area contributed by atoms with Crippen LogP contribution in [0, 0.1) is 18.3 Å². The highest BCUT2D eigenvalue weighted by molar-refractivity contribution is 6.30. The molecule has 0 saturated heterocycles. The highest BCUT2D eigenvalue weighted by atomic mass is 35.5. The number of rotatable bonds is 2. The molecule has 1 nitrogen and oxygen atoms in total. The van der Waals surface area contributed by atoms with Crippen molar-refractivity contribution in [2.75, 3.05) is 0 Å². The Morgan fingerprint density at radius 2 is 2.00 bits per heavy atom. The van der Waals surface area contributed by atoms with Crippen LogP contribution in [0.5, 0.6) is 0 Å². The quantitative estimate of drug-likeness (QED) is 0.765. The Labute approximate surface area is 106 Å². The molecule has 17 heavy (non-hydrogen) atoms. The van der Waals surface area contributed by atoms with Crippen LogP contribution in [0.1, 0.15) is 11.1 Å². The Kier molecular flexibility index (Phi) is 3.46. The second-order valence-electron chi connectivity index (χ2n) is 4.01. The maximum Gasteiger partial charge on any atom is 0.0669 e. The molecule has 0 aromatic heterocycles. The van der Waals surface area contributed by atoms with Gasteiger partial charge in [0.15, 0.2) is 0 Å². The largest absolute Gasteiger partial charge is 0.198 e. The number of benzene rings is 2. The molecule has 0 spiro atoms. The SMILES string of the molecule is Cc1ccc(CC#N)c(-c2cccc(Cl)c2)c1. The fourth-order valence-electron chi connectivity index (χ4n) is 1.85. The molecule has 0 bridgehead atoms. The van der Waals surface area contributed by atoms with Gasteiger partial charge in [-0.25, -0.2) is 0 Å². The summed E-state index contributed by atoms with van der Waals surface area (Å²) in [4.78, 5) is 0. The molecule has 2 aromatic carbocycles. The first kappa shape index (κ1) is 11.7. The summed E-state index contributed by atoms with van der Waals surface area (Å²) >= 11 is 6.00. The van der Waals surface area contributed by atoms with Crippen molar-refractivity contribution in [1.29, 1.82) is 5.26 Å². The number of nitrogens with zero attached hydrogens (tertiary/aromatic N) is 1. The third-order valence-corrected chi connectivity index (χ3v) is 2.91. The zero-order valence-electron chi connectivity index (χ0n) is 9.57. The highest BCUT2D eigenvalue weighted by Crippen LogP contribution is 2.27. The van der Waals surface area contributed by atoms with E-state index in [2.05, 4.69) is 12.1 Å². The van der Waals surface area contributed by atoms with E-state index in [0.717, 1.165) is 16.7 Å². The summed E-state index contributed by atoms with van der Waals surface area (Å²) < 4.78 is 0. The normalized spacial score (nSPS) is 9.94. The monoisotopic (exact) mass is 241 g/mol. The predicted molar refractivity (Wildman–Crippen MR) is 70.9 cm³/mol. The molecule has 2 rings (SSSR count). The van der Waals surface area contributed by atoms with Gasteiger partial charge >= 0.3 is 0 Å². The van der Waals surface area contributed by atoms with E-state index < -0.39 is 0 Å². The van der Waals surface area contributed by atoms with Crippen LogP contribution in [0.4, 0.5) is 0 Å². The molecule has 2 aromatic rings. The number of aryl methyl sites for hydroxylation is 1. The second-order valence-corrected chi connectivity index (χ2v) is 4.44. The van der Waals surface area contributed by atoms with E-state index in [1.807, 2.05) is 43.3 Å². The third kappa shape index (κ3) is 2.67. The molecule has 0 radical (unpaired) electrons. The van der Waals surface area contributed by atoms with Gasteiger partial charge in [-0.05, 0) is 35.7 Å². The summed E-state index contributed by atoms with van der Waals surface area (Å²) in [7, 11) is 0. The van der Waals surface area contributed by atoms with Crippen LogP contribution in [0.3, 0.4) is 0 Å². The maximum absolute atomic E-state index is 8.84. The van der Waals surface area contributed by atoms with Crippen molar-refractivity contribution < 1.29 is 0 Å². The molecule has 0 aliphatic carbocycles. The van der Waals surface area contributed by atoms with Gasteiger partial charge in [0.2, 0.25) is 0 Å². The molecule has 0 N–H and O–H groups in total. The fraction of sp³-hybridized carbons (Fsp3) is 0.133. The first-order valence-corrected chi connectivity index (χ1v) is 5.81. The van der Waals surface area contributed by atoms with Crippen molar-refractivity contribution in [1.82, 2.24) is 0 Å². The number of nitriles is 1. The van der Waals surface area contributed by atoms with E-state index in [0.29, 0.717) is 11.4 Å². The van der Waals surface area contributed by atoms with Gasteiger partial charge in [0, 0.05) is 5.02 Å². The van der Waals surface area contributed by atoms with Gasteiger partial charge in [-0.3, -0.25) is 0 Å². The first-order chi connectivity index (χ1) is 8.20. The van der Waals surface area contributed by atoms with Crippen LogP contribution in [-0.4, -0.2) is 0 Å². The molecule has 84 valence electrons. The number of hydrogen-bond donors (Lipinski definition) is 0. The molecule has 0 amide bonds. The van der Waals surface area contributed by atoms with Crippen LogP contribution in [0.25, 0.3) is 11.1 Å². The molecule has 0 atom stereocenters. The van der Waals surface area contributed by atoms with E-state index in [1.165, 1.54) is 5.56 Å². The number of hydrogen-bond acceptors (Lipinski definition) is 1. The lowest BCUT2D eigenvalue weighted by molar-refractivity contribution is 1.25. The van der Waals surface area contributed by atoms with Crippen LogP contribution in [0.15, 0.2) is 42.5 Å². The molecular weight excluding hydrogens is 230 g/mol. The van der Waals surface area contributed by atoms with Gasteiger partial charge in [-0.2, -0.15) is 5.26 Å². The summed E-state index contributed by atoms with van der Waals surface area (Å²) in [6.07, 6.45) is 0.419. The molecule has 2 heteroatoms. The summed E-state index contributed by atoms with van der Waals surface area (Å²) in [6.45, 7) is 2.05. The summed E-state index contributed by atoms with van der Waals surface area (Å²) in [5.74, 6) is 0. The minimum absolute atomic E-state index is 0.419. The Morgan fingerprint density at radius 1 is 1.18 bits per heavy atom. The van der Waals surface area contributed by atoms with Gasteiger partial charge in [0.1, 0.15) is 0 Å². The molecule has 0 aliphatic heterocycles. The molecule has 0 fully saturated rings.